The van der Waals surface area contributed by atoms with E-state index in [0.29, 0.717) is 5.69 Å². The molecule has 1 amide bonds. The lowest BCUT2D eigenvalue weighted by molar-refractivity contribution is -0.149. The summed E-state index contributed by atoms with van der Waals surface area (Å²) in [6.07, 6.45) is -0.758. The first kappa shape index (κ1) is 13.2. The smallest absolute Gasteiger partial charge is 0.332 e. The Balaban J connectivity index is 2.25. The number of benzene rings is 1. The van der Waals surface area contributed by atoms with Crippen molar-refractivity contribution in [2.75, 3.05) is 11.9 Å². The van der Waals surface area contributed by atoms with Crippen molar-refractivity contribution in [3.63, 3.8) is 0 Å². The molecule has 0 spiro atoms. The molecule has 0 heterocycles. The number of amides is 1. The quantitative estimate of drug-likeness (QED) is 0.786. The lowest BCUT2D eigenvalue weighted by Crippen LogP contribution is -2.22. The van der Waals surface area contributed by atoms with Crippen LogP contribution in [-0.4, -0.2) is 29.7 Å². The second-order valence-corrected chi connectivity index (χ2v) is 3.52. The zero-order valence-electron chi connectivity index (χ0n) is 9.55. The van der Waals surface area contributed by atoms with Gasteiger partial charge >= 0.3 is 5.97 Å². The number of aliphatic carboxylic acids is 1. The Labute approximate surface area is 99.4 Å². The van der Waals surface area contributed by atoms with Crippen LogP contribution in [0.5, 0.6) is 0 Å². The molecule has 1 atom stereocenters. The maximum Gasteiger partial charge on any atom is 0.332 e. The fourth-order valence-electron chi connectivity index (χ4n) is 1.14. The number of ether oxygens (including phenoxy) is 1. The van der Waals surface area contributed by atoms with E-state index >= 15 is 0 Å². The molecule has 0 saturated heterocycles. The summed E-state index contributed by atoms with van der Waals surface area (Å²) < 4.78 is 4.95. The van der Waals surface area contributed by atoms with Gasteiger partial charge in [0, 0.05) is 5.69 Å². The first-order valence-electron chi connectivity index (χ1n) is 5.29. The summed E-state index contributed by atoms with van der Waals surface area (Å²) >= 11 is 0. The molecule has 1 aromatic rings. The average molecular weight is 237 g/mol. The second-order valence-electron chi connectivity index (χ2n) is 3.52. The lowest BCUT2D eigenvalue weighted by atomic mass is 10.3. The molecule has 0 radical (unpaired) electrons. The molecule has 5 nitrogen and oxygen atoms in total. The van der Waals surface area contributed by atoms with Crippen LogP contribution < -0.4 is 5.32 Å². The number of carboxylic acids is 1. The van der Waals surface area contributed by atoms with E-state index in [1.54, 1.807) is 12.1 Å². The van der Waals surface area contributed by atoms with Crippen molar-refractivity contribution in [2.24, 2.45) is 0 Å². The van der Waals surface area contributed by atoms with Crippen molar-refractivity contribution in [3.8, 4) is 0 Å². The predicted octanol–water partition coefficient (Wildman–Crippen LogP) is 1.50. The molecule has 92 valence electrons. The van der Waals surface area contributed by atoms with Gasteiger partial charge in [0.2, 0.25) is 5.91 Å². The van der Waals surface area contributed by atoms with Crippen molar-refractivity contribution in [2.45, 2.75) is 19.4 Å². The molecule has 0 aliphatic heterocycles. The minimum absolute atomic E-state index is 0.0894. The number of carbonyl (C=O) groups excluding carboxylic acids is 1. The van der Waals surface area contributed by atoms with E-state index in [2.05, 4.69) is 5.32 Å². The maximum atomic E-state index is 11.4. The van der Waals surface area contributed by atoms with Gasteiger partial charge in [-0.05, 0) is 19.1 Å². The molecule has 0 bridgehead atoms. The fourth-order valence-corrected chi connectivity index (χ4v) is 1.14. The number of carbonyl (C=O) groups is 2. The summed E-state index contributed by atoms with van der Waals surface area (Å²) in [5.41, 5.74) is 0.712. The van der Waals surface area contributed by atoms with Crippen molar-refractivity contribution >= 4 is 17.6 Å². The first-order chi connectivity index (χ1) is 8.09. The molecular formula is C12H15NO4. The topological polar surface area (TPSA) is 75.6 Å². The molecule has 0 fully saturated rings. The Kier molecular flexibility index (Phi) is 5.16. The zero-order valence-corrected chi connectivity index (χ0v) is 9.55. The van der Waals surface area contributed by atoms with E-state index in [0.717, 1.165) is 0 Å². The summed E-state index contributed by atoms with van der Waals surface area (Å²) in [4.78, 5) is 21.9. The second kappa shape index (κ2) is 6.65. The summed E-state index contributed by atoms with van der Waals surface area (Å²) in [5.74, 6) is -1.23. The molecule has 5 heteroatoms. The highest BCUT2D eigenvalue weighted by Crippen LogP contribution is 2.05. The molecule has 17 heavy (non-hydrogen) atoms. The number of anilines is 1. The van der Waals surface area contributed by atoms with Crippen LogP contribution in [0.2, 0.25) is 0 Å². The van der Waals surface area contributed by atoms with E-state index in [9.17, 15) is 9.59 Å². The molecule has 1 rings (SSSR count). The highest BCUT2D eigenvalue weighted by Gasteiger charge is 2.11. The molecule has 0 aliphatic rings. The van der Waals surface area contributed by atoms with Crippen molar-refractivity contribution < 1.29 is 19.4 Å². The van der Waals surface area contributed by atoms with E-state index < -0.39 is 12.1 Å². The largest absolute Gasteiger partial charge is 0.479 e. The van der Waals surface area contributed by atoms with Crippen LogP contribution in [0.1, 0.15) is 13.3 Å². The number of hydrogen-bond acceptors (Lipinski definition) is 3. The van der Waals surface area contributed by atoms with Gasteiger partial charge in [-0.3, -0.25) is 4.79 Å². The molecule has 0 aromatic heterocycles. The number of carboxylic acid groups (broad SMARTS) is 1. The normalized spacial score (nSPS) is 11.8. The Bertz CT molecular complexity index is 377. The van der Waals surface area contributed by atoms with Gasteiger partial charge in [0.1, 0.15) is 0 Å². The average Bonchev–Trinajstić information content (AvgIpc) is 2.30. The van der Waals surface area contributed by atoms with Gasteiger partial charge in [0.25, 0.3) is 0 Å². The third-order valence-electron chi connectivity index (χ3n) is 2.10. The maximum absolute atomic E-state index is 11.4. The molecule has 0 saturated carbocycles. The van der Waals surface area contributed by atoms with Crippen molar-refractivity contribution in [1.29, 1.82) is 0 Å². The van der Waals surface area contributed by atoms with E-state index in [-0.39, 0.29) is 18.9 Å². The Morgan fingerprint density at radius 1 is 1.35 bits per heavy atom. The van der Waals surface area contributed by atoms with E-state index in [4.69, 9.17) is 9.84 Å². The first-order valence-corrected chi connectivity index (χ1v) is 5.29. The van der Waals surface area contributed by atoms with Gasteiger partial charge in [0.15, 0.2) is 6.10 Å². The SMILES string of the molecule is C[C@@H](OCCC(=O)Nc1ccccc1)C(=O)O. The highest BCUT2D eigenvalue weighted by atomic mass is 16.5. The van der Waals surface area contributed by atoms with Gasteiger partial charge in [-0.15, -0.1) is 0 Å². The summed E-state index contributed by atoms with van der Waals surface area (Å²) in [6.45, 7) is 1.52. The van der Waals surface area contributed by atoms with Crippen LogP contribution >= 0.6 is 0 Å². The Morgan fingerprint density at radius 2 is 2.00 bits per heavy atom. The fraction of sp³-hybridized carbons (Fsp3) is 0.333. The number of hydrogen-bond donors (Lipinski definition) is 2. The Hall–Kier alpha value is -1.88. The molecule has 0 aliphatic carbocycles. The molecule has 1 aromatic carbocycles. The van der Waals surface area contributed by atoms with Gasteiger partial charge < -0.3 is 15.2 Å². The van der Waals surface area contributed by atoms with Crippen LogP contribution in [0.15, 0.2) is 30.3 Å². The minimum atomic E-state index is -1.03. The Morgan fingerprint density at radius 3 is 2.59 bits per heavy atom. The van der Waals surface area contributed by atoms with Crippen LogP contribution in [0, 0.1) is 0 Å². The monoisotopic (exact) mass is 237 g/mol. The van der Waals surface area contributed by atoms with Gasteiger partial charge in [-0.25, -0.2) is 4.79 Å². The third-order valence-corrected chi connectivity index (χ3v) is 2.10. The van der Waals surface area contributed by atoms with Crippen molar-refractivity contribution in [3.05, 3.63) is 30.3 Å². The molecule has 2 N–H and O–H groups in total. The zero-order chi connectivity index (χ0) is 12.7. The van der Waals surface area contributed by atoms with Crippen LogP contribution in [0.3, 0.4) is 0 Å². The van der Waals surface area contributed by atoms with Gasteiger partial charge in [-0.2, -0.15) is 0 Å². The molecular weight excluding hydrogens is 222 g/mol. The highest BCUT2D eigenvalue weighted by molar-refractivity contribution is 5.90. The summed E-state index contributed by atoms with van der Waals surface area (Å²) in [6, 6.07) is 9.04. The standard InChI is InChI=1S/C12H15NO4/c1-9(12(15)16)17-8-7-11(14)13-10-5-3-2-4-6-10/h2-6,9H,7-8H2,1H3,(H,13,14)(H,15,16)/t9-/m1/s1. The van der Waals surface area contributed by atoms with E-state index in [1.807, 2.05) is 18.2 Å². The molecule has 0 unspecified atom stereocenters. The van der Waals surface area contributed by atoms with Gasteiger partial charge in [-0.1, -0.05) is 18.2 Å². The number of rotatable bonds is 6. The number of para-hydroxylation sites is 1. The summed E-state index contributed by atoms with van der Waals surface area (Å²) in [5, 5.41) is 11.2. The van der Waals surface area contributed by atoms with Crippen molar-refractivity contribution in [1.82, 2.24) is 0 Å². The predicted molar refractivity (Wildman–Crippen MR) is 62.7 cm³/mol. The van der Waals surface area contributed by atoms with Gasteiger partial charge in [0.05, 0.1) is 13.0 Å². The third kappa shape index (κ3) is 5.12. The van der Waals surface area contributed by atoms with Crippen LogP contribution in [0.4, 0.5) is 5.69 Å². The van der Waals surface area contributed by atoms with Crippen LogP contribution in [-0.2, 0) is 14.3 Å². The lowest BCUT2D eigenvalue weighted by Gasteiger charge is -2.08. The van der Waals surface area contributed by atoms with Crippen LogP contribution in [0.25, 0.3) is 0 Å². The van der Waals surface area contributed by atoms with E-state index in [1.165, 1.54) is 6.92 Å². The minimum Gasteiger partial charge on any atom is -0.479 e. The number of nitrogens with one attached hydrogen (secondary N) is 1. The summed E-state index contributed by atoms with van der Waals surface area (Å²) in [7, 11) is 0.